The van der Waals surface area contributed by atoms with Gasteiger partial charge in [-0.2, -0.15) is 9.97 Å². The van der Waals surface area contributed by atoms with Gasteiger partial charge in [-0.25, -0.2) is 15.2 Å². The molecule has 3 aromatic rings. The molecule has 17 nitrogen and oxygen atoms in total. The average molecular weight is 556 g/mol. The number of anilines is 2. The largest absolute Gasteiger partial charge is 0.463 e. The third kappa shape index (κ3) is 6.62. The number of esters is 3. The number of ether oxygens (including phenoxy) is 4. The molecule has 1 aliphatic rings. The quantitative estimate of drug-likeness (QED) is 0.148. The first-order chi connectivity index (χ1) is 19.1. The summed E-state index contributed by atoms with van der Waals surface area (Å²) in [4.78, 5) is 59.5. The van der Waals surface area contributed by atoms with Crippen LogP contribution in [-0.2, 0) is 33.3 Å². The van der Waals surface area contributed by atoms with E-state index >= 15 is 0 Å². The number of fused-ring (bicyclic) bond motifs is 1. The number of hydrogen-bond acceptors (Lipinski definition) is 14. The number of nitrogens with one attached hydrogen (secondary N) is 2. The molecule has 2 amide bonds. The molecule has 0 radical (unpaired) electrons. The molecule has 0 spiro atoms. The van der Waals surface area contributed by atoms with Crippen LogP contribution in [0.15, 0.2) is 47.0 Å². The fourth-order valence-corrected chi connectivity index (χ4v) is 3.92. The van der Waals surface area contributed by atoms with Crippen molar-refractivity contribution in [3.8, 4) is 0 Å². The van der Waals surface area contributed by atoms with Gasteiger partial charge in [-0.15, -0.1) is 0 Å². The van der Waals surface area contributed by atoms with Gasteiger partial charge in [-0.05, 0) is 12.1 Å². The van der Waals surface area contributed by atoms with Gasteiger partial charge in [0.2, 0.25) is 0 Å². The van der Waals surface area contributed by atoms with Crippen LogP contribution in [0, 0.1) is 0 Å². The van der Waals surface area contributed by atoms with Gasteiger partial charge in [0, 0.05) is 26.5 Å². The molecule has 4 atom stereocenters. The van der Waals surface area contributed by atoms with E-state index in [4.69, 9.17) is 24.7 Å². The van der Waals surface area contributed by atoms with Crippen LogP contribution in [0.4, 0.5) is 22.2 Å². The molecule has 210 valence electrons. The molecule has 4 N–H and O–H groups in total. The first kappa shape index (κ1) is 27.8. The number of imidazole rings is 1. The van der Waals surface area contributed by atoms with E-state index in [1.165, 1.54) is 31.7 Å². The Kier molecular flexibility index (Phi) is 8.43. The summed E-state index contributed by atoms with van der Waals surface area (Å²) in [7, 11) is 0. The van der Waals surface area contributed by atoms with E-state index in [2.05, 4.69) is 30.6 Å². The fraction of sp³-hybridized carbons (Fsp3) is 0.348. The molecule has 1 aromatic carbocycles. The summed E-state index contributed by atoms with van der Waals surface area (Å²) in [6.07, 6.45) is -3.08. The van der Waals surface area contributed by atoms with Gasteiger partial charge < -0.3 is 30.0 Å². The number of aromatic nitrogens is 4. The van der Waals surface area contributed by atoms with Gasteiger partial charge in [-0.3, -0.25) is 19.0 Å². The molecule has 2 aromatic heterocycles. The van der Waals surface area contributed by atoms with Crippen molar-refractivity contribution in [3.05, 3.63) is 36.7 Å². The summed E-state index contributed by atoms with van der Waals surface area (Å²) in [5.74, 6) is -1.92. The molecule has 4 rings (SSSR count). The van der Waals surface area contributed by atoms with Gasteiger partial charge >= 0.3 is 23.9 Å². The van der Waals surface area contributed by atoms with Crippen LogP contribution >= 0.6 is 0 Å². The van der Waals surface area contributed by atoms with E-state index in [0.29, 0.717) is 5.69 Å². The Balaban J connectivity index is 1.80. The van der Waals surface area contributed by atoms with Crippen molar-refractivity contribution in [2.75, 3.05) is 11.9 Å². The van der Waals surface area contributed by atoms with E-state index in [1.54, 1.807) is 12.1 Å². The fourth-order valence-electron chi connectivity index (χ4n) is 3.92. The minimum Gasteiger partial charge on any atom is -0.463 e. The maximum atomic E-state index is 12.0. The lowest BCUT2D eigenvalue weighted by Crippen LogP contribution is -2.40. The summed E-state index contributed by atoms with van der Waals surface area (Å²) >= 11 is 0. The lowest BCUT2D eigenvalue weighted by molar-refractivity contribution is -0.166. The molecule has 0 aliphatic carbocycles. The van der Waals surface area contributed by atoms with Gasteiger partial charge in [0.25, 0.3) is 5.95 Å². The number of benzene rings is 1. The van der Waals surface area contributed by atoms with Crippen LogP contribution in [0.1, 0.15) is 27.0 Å². The molecule has 17 heteroatoms. The molecule has 0 saturated carbocycles. The van der Waals surface area contributed by atoms with Crippen LogP contribution in [0.25, 0.3) is 11.2 Å². The second-order valence-corrected chi connectivity index (χ2v) is 8.38. The van der Waals surface area contributed by atoms with Crippen LogP contribution in [-0.4, -0.2) is 68.4 Å². The Morgan fingerprint density at radius 2 is 1.73 bits per heavy atom. The predicted molar refractivity (Wildman–Crippen MR) is 134 cm³/mol. The highest BCUT2D eigenvalue weighted by Gasteiger charge is 2.51. The maximum Gasteiger partial charge on any atom is 0.333 e. The van der Waals surface area contributed by atoms with Crippen molar-refractivity contribution >= 4 is 52.6 Å². The minimum atomic E-state index is -1.18. The zero-order valence-electron chi connectivity index (χ0n) is 21.5. The van der Waals surface area contributed by atoms with E-state index in [-0.39, 0.29) is 29.5 Å². The Labute approximate surface area is 226 Å². The standard InChI is InChI=1S/C23H25N9O8/c1-11(33)37-9-15-17(38-12(2)34)18(39-13(3)35)21(40-15)32-10-25-16-19(26-14-7-5-4-6-8-14)27-23(28-20(16)32)30-31-29-22(24)36/h4-8,10,15,17-18,21H,9H2,1-3H3,(H4,24,26,27,28,29,30,36)/t15-,17-,18-,21-/m1/s1. The van der Waals surface area contributed by atoms with Gasteiger partial charge in [0.1, 0.15) is 12.7 Å². The van der Waals surface area contributed by atoms with Crippen molar-refractivity contribution < 1.29 is 38.1 Å². The van der Waals surface area contributed by atoms with E-state index < -0.39 is 48.5 Å². The summed E-state index contributed by atoms with van der Waals surface area (Å²) < 4.78 is 23.5. The smallest absolute Gasteiger partial charge is 0.333 e. The van der Waals surface area contributed by atoms with E-state index in [1.807, 2.05) is 23.6 Å². The highest BCUT2D eigenvalue weighted by molar-refractivity contribution is 5.86. The number of carbonyl (C=O) groups excluding carboxylic acids is 4. The number of nitrogens with zero attached hydrogens (tertiary/aromatic N) is 6. The summed E-state index contributed by atoms with van der Waals surface area (Å²) in [5.41, 5.74) is 8.08. The third-order valence-electron chi connectivity index (χ3n) is 5.36. The number of carbonyl (C=O) groups is 4. The van der Waals surface area contributed by atoms with Crippen molar-refractivity contribution in [2.24, 2.45) is 16.1 Å². The molecule has 1 saturated heterocycles. The molecule has 0 unspecified atom stereocenters. The van der Waals surface area contributed by atoms with E-state index in [0.717, 1.165) is 0 Å². The second-order valence-electron chi connectivity index (χ2n) is 8.38. The molecule has 40 heavy (non-hydrogen) atoms. The van der Waals surface area contributed by atoms with Crippen LogP contribution in [0.5, 0.6) is 0 Å². The SMILES string of the molecule is CC(=O)OC[C@H]1O[C@@H](n2cnc3c(Nc4ccccc4)nc(/N=N/NC(N)=O)nc32)[C@H](OC(C)=O)[C@@H]1OC(C)=O. The zero-order chi connectivity index (χ0) is 28.8. The average Bonchev–Trinajstić information content (AvgIpc) is 3.44. The Morgan fingerprint density at radius 1 is 1.02 bits per heavy atom. The van der Waals surface area contributed by atoms with Crippen LogP contribution in [0.3, 0.4) is 0 Å². The number of primary amides is 1. The number of urea groups is 1. The number of hydrogen-bond donors (Lipinski definition) is 3. The highest BCUT2D eigenvalue weighted by atomic mass is 16.7. The van der Waals surface area contributed by atoms with Gasteiger partial charge in [0.15, 0.2) is 35.4 Å². The highest BCUT2D eigenvalue weighted by Crippen LogP contribution is 2.37. The monoisotopic (exact) mass is 555 g/mol. The van der Waals surface area contributed by atoms with Crippen molar-refractivity contribution in [1.29, 1.82) is 0 Å². The molecule has 0 bridgehead atoms. The normalized spacial score (nSPS) is 20.3. The number of nitrogens with two attached hydrogens (primary N) is 1. The first-order valence-electron chi connectivity index (χ1n) is 11.8. The maximum absolute atomic E-state index is 12.0. The van der Waals surface area contributed by atoms with E-state index in [9.17, 15) is 19.2 Å². The second kappa shape index (κ2) is 12.1. The topological polar surface area (TPSA) is 224 Å². The van der Waals surface area contributed by atoms with Crippen LogP contribution in [0.2, 0.25) is 0 Å². The number of para-hydroxylation sites is 1. The summed E-state index contributed by atoms with van der Waals surface area (Å²) in [6, 6.07) is 8.10. The third-order valence-corrected chi connectivity index (χ3v) is 5.36. The minimum absolute atomic E-state index is 0.151. The van der Waals surface area contributed by atoms with Gasteiger partial charge in [-0.1, -0.05) is 28.5 Å². The molecular formula is C23H25N9O8. The van der Waals surface area contributed by atoms with Crippen molar-refractivity contribution in [2.45, 2.75) is 45.3 Å². The first-order valence-corrected chi connectivity index (χ1v) is 11.8. The Hall–Kier alpha value is -5.19. The van der Waals surface area contributed by atoms with Crippen molar-refractivity contribution in [1.82, 2.24) is 24.9 Å². The lowest BCUT2D eigenvalue weighted by Gasteiger charge is -2.23. The summed E-state index contributed by atoms with van der Waals surface area (Å²) in [6.45, 7) is 3.28. The van der Waals surface area contributed by atoms with Gasteiger partial charge in [0.05, 0.1) is 6.33 Å². The Morgan fingerprint density at radius 3 is 2.38 bits per heavy atom. The molecule has 3 heterocycles. The van der Waals surface area contributed by atoms with Crippen molar-refractivity contribution in [3.63, 3.8) is 0 Å². The molecule has 1 fully saturated rings. The van der Waals surface area contributed by atoms with Crippen LogP contribution < -0.4 is 16.5 Å². The number of amides is 2. The predicted octanol–water partition coefficient (Wildman–Crippen LogP) is 1.56. The number of rotatable bonds is 9. The molecular weight excluding hydrogens is 530 g/mol. The zero-order valence-corrected chi connectivity index (χ0v) is 21.5. The Bertz CT molecular complexity index is 1440. The summed E-state index contributed by atoms with van der Waals surface area (Å²) in [5, 5.41) is 10.4. The molecule has 1 aliphatic heterocycles. The lowest BCUT2D eigenvalue weighted by atomic mass is 10.1.